The Morgan fingerprint density at radius 3 is 2.45 bits per heavy atom. The number of aromatic nitrogens is 4. The molecule has 1 saturated carbocycles. The van der Waals surface area contributed by atoms with Crippen LogP contribution >= 0.6 is 0 Å². The summed E-state index contributed by atoms with van der Waals surface area (Å²) >= 11 is 0. The van der Waals surface area contributed by atoms with Crippen LogP contribution in [-0.2, 0) is 5.54 Å². The van der Waals surface area contributed by atoms with Crippen molar-refractivity contribution in [2.45, 2.75) is 51.5 Å². The average molecular weight is 390 g/mol. The molecule has 150 valence electrons. The molecule has 1 aliphatic rings. The van der Waals surface area contributed by atoms with E-state index in [1.54, 1.807) is 12.1 Å². The van der Waals surface area contributed by atoms with Gasteiger partial charge in [-0.2, -0.15) is 4.68 Å². The highest BCUT2D eigenvalue weighted by molar-refractivity contribution is 5.87. The zero-order valence-corrected chi connectivity index (χ0v) is 16.7. The first-order chi connectivity index (χ1) is 14.0. The third-order valence-electron chi connectivity index (χ3n) is 5.74. The van der Waals surface area contributed by atoms with Crippen molar-refractivity contribution in [1.29, 1.82) is 0 Å². The van der Waals surface area contributed by atoms with Gasteiger partial charge in [0.25, 0.3) is 0 Å². The van der Waals surface area contributed by atoms with E-state index in [9.17, 15) is 9.90 Å². The molecule has 1 aliphatic carbocycles. The Morgan fingerprint density at radius 1 is 1.07 bits per heavy atom. The maximum absolute atomic E-state index is 11.3. The van der Waals surface area contributed by atoms with Gasteiger partial charge in [0.15, 0.2) is 5.82 Å². The Kier molecular flexibility index (Phi) is 5.05. The lowest BCUT2D eigenvalue weighted by Gasteiger charge is -2.38. The lowest BCUT2D eigenvalue weighted by atomic mass is 9.80. The van der Waals surface area contributed by atoms with Crippen molar-refractivity contribution in [1.82, 2.24) is 20.2 Å². The highest BCUT2D eigenvalue weighted by atomic mass is 16.4. The highest BCUT2D eigenvalue weighted by Gasteiger charge is 2.39. The van der Waals surface area contributed by atoms with Crippen LogP contribution in [0.3, 0.4) is 0 Å². The van der Waals surface area contributed by atoms with Crippen molar-refractivity contribution < 1.29 is 9.90 Å². The van der Waals surface area contributed by atoms with Crippen molar-refractivity contribution in [3.05, 3.63) is 65.0 Å². The van der Waals surface area contributed by atoms with E-state index in [0.29, 0.717) is 0 Å². The molecule has 29 heavy (non-hydrogen) atoms. The highest BCUT2D eigenvalue weighted by Crippen LogP contribution is 2.40. The summed E-state index contributed by atoms with van der Waals surface area (Å²) in [5.74, 6) is -0.430. The molecule has 2 aromatic carbocycles. The molecule has 0 radical (unpaired) electrons. The fourth-order valence-corrected chi connectivity index (χ4v) is 4.34. The number of hydrogen-bond donors (Lipinski definition) is 1. The molecule has 0 amide bonds. The van der Waals surface area contributed by atoms with Gasteiger partial charge in [-0.25, -0.2) is 0 Å². The van der Waals surface area contributed by atoms with Gasteiger partial charge in [-0.15, -0.1) is 5.10 Å². The number of nitrogens with zero attached hydrogens (tertiary/aromatic N) is 4. The predicted octanol–water partition coefficient (Wildman–Crippen LogP) is 2.91. The summed E-state index contributed by atoms with van der Waals surface area (Å²) in [7, 11) is 0. The molecule has 1 aromatic heterocycles. The number of anilines is 1. The molecule has 0 saturated heterocycles. The molecule has 1 N–H and O–H groups in total. The minimum atomic E-state index is -1.19. The van der Waals surface area contributed by atoms with E-state index in [0.717, 1.165) is 60.4 Å². The minimum absolute atomic E-state index is 0.148. The number of carbonyl (C=O) groups excluding carboxylic acids is 1. The van der Waals surface area contributed by atoms with Crippen LogP contribution in [0.5, 0.6) is 0 Å². The van der Waals surface area contributed by atoms with Crippen LogP contribution in [0.15, 0.2) is 42.5 Å². The van der Waals surface area contributed by atoms with Crippen molar-refractivity contribution in [2.24, 2.45) is 0 Å². The quantitative estimate of drug-likeness (QED) is 0.720. The third kappa shape index (κ3) is 3.60. The monoisotopic (exact) mass is 390 g/mol. The van der Waals surface area contributed by atoms with Crippen molar-refractivity contribution in [3.8, 4) is 5.69 Å². The Morgan fingerprint density at radius 2 is 1.76 bits per heavy atom. The van der Waals surface area contributed by atoms with E-state index in [1.165, 1.54) is 6.07 Å². The van der Waals surface area contributed by atoms with E-state index < -0.39 is 11.5 Å². The Hall–Kier alpha value is -3.22. The molecule has 7 heteroatoms. The molecule has 0 spiro atoms. The number of para-hydroxylation sites is 1. The van der Waals surface area contributed by atoms with Gasteiger partial charge in [-0.3, -0.25) is 0 Å². The van der Waals surface area contributed by atoms with Crippen LogP contribution in [0.2, 0.25) is 0 Å². The number of rotatable bonds is 5. The summed E-state index contributed by atoms with van der Waals surface area (Å²) in [6, 6.07) is 12.9. The lowest BCUT2D eigenvalue weighted by Crippen LogP contribution is -2.40. The molecule has 1 fully saturated rings. The minimum Gasteiger partial charge on any atom is -0.545 e. The van der Waals surface area contributed by atoms with E-state index in [1.807, 2.05) is 16.8 Å². The number of aromatic carboxylic acids is 1. The van der Waals surface area contributed by atoms with Crippen LogP contribution in [0.25, 0.3) is 5.69 Å². The van der Waals surface area contributed by atoms with Gasteiger partial charge in [-0.05, 0) is 65.9 Å². The summed E-state index contributed by atoms with van der Waals surface area (Å²) < 4.78 is 1.84. The molecule has 7 nitrogen and oxygen atoms in total. The zero-order valence-electron chi connectivity index (χ0n) is 16.7. The van der Waals surface area contributed by atoms with E-state index in [-0.39, 0.29) is 5.56 Å². The summed E-state index contributed by atoms with van der Waals surface area (Å²) in [6.07, 6.45) is 4.99. The normalized spacial score (nSPS) is 15.8. The average Bonchev–Trinajstić information content (AvgIpc) is 3.19. The molecular weight excluding hydrogens is 366 g/mol. The Labute approximate surface area is 169 Å². The van der Waals surface area contributed by atoms with E-state index in [4.69, 9.17) is 0 Å². The predicted molar refractivity (Wildman–Crippen MR) is 108 cm³/mol. The van der Waals surface area contributed by atoms with Gasteiger partial charge >= 0.3 is 0 Å². The Balaban J connectivity index is 1.81. The third-order valence-corrected chi connectivity index (χ3v) is 5.74. The van der Waals surface area contributed by atoms with Gasteiger partial charge in [0.05, 0.1) is 17.2 Å². The largest absolute Gasteiger partial charge is 0.545 e. The molecule has 0 atom stereocenters. The van der Waals surface area contributed by atoms with Crippen molar-refractivity contribution in [3.63, 3.8) is 0 Å². The standard InChI is InChI=1S/C22H25N5O2/c1-15-8-6-9-16(2)19(15)27-21(24-25-26-27)22(12-4-3-5-13-22)23-18-11-7-10-17(14-18)20(28)29/h6-11,14,23H,3-5,12-13H2,1-2H3,(H,28,29)/p-1. The maximum Gasteiger partial charge on any atom is 0.181 e. The summed E-state index contributed by atoms with van der Waals surface area (Å²) in [6.45, 7) is 4.11. The molecular formula is C22H24N5O2-. The molecule has 0 unspecified atom stereocenters. The number of aryl methyl sites for hydroxylation is 2. The van der Waals surface area contributed by atoms with Crippen molar-refractivity contribution in [2.75, 3.05) is 5.32 Å². The van der Waals surface area contributed by atoms with E-state index in [2.05, 4.69) is 46.8 Å². The van der Waals surface area contributed by atoms with Crippen LogP contribution in [0.1, 0.15) is 59.4 Å². The second-order valence-corrected chi connectivity index (χ2v) is 7.79. The smallest absolute Gasteiger partial charge is 0.181 e. The van der Waals surface area contributed by atoms with Crippen molar-refractivity contribution >= 4 is 11.7 Å². The topological polar surface area (TPSA) is 95.8 Å². The SMILES string of the molecule is Cc1cccc(C)c1-n1nnnc1C1(Nc2cccc(C(=O)[O-])c2)CCCCC1. The molecule has 3 aromatic rings. The molecule has 0 bridgehead atoms. The van der Waals surface area contributed by atoms with Gasteiger partial charge in [-0.1, -0.05) is 49.6 Å². The number of hydrogen-bond acceptors (Lipinski definition) is 6. The van der Waals surface area contributed by atoms with E-state index >= 15 is 0 Å². The number of carbonyl (C=O) groups is 1. The fraction of sp³-hybridized carbons (Fsp3) is 0.364. The van der Waals surface area contributed by atoms with Gasteiger partial charge < -0.3 is 15.2 Å². The first-order valence-corrected chi connectivity index (χ1v) is 9.95. The number of carboxylic acids is 1. The fourth-order valence-electron chi connectivity index (χ4n) is 4.34. The molecule has 4 rings (SSSR count). The van der Waals surface area contributed by atoms with Crippen LogP contribution in [0.4, 0.5) is 5.69 Å². The van der Waals surface area contributed by atoms with Gasteiger partial charge in [0.2, 0.25) is 0 Å². The van der Waals surface area contributed by atoms with Crippen LogP contribution in [0, 0.1) is 13.8 Å². The first kappa shape index (κ1) is 19.1. The number of tetrazole rings is 1. The number of carboxylic acid groups (broad SMARTS) is 1. The first-order valence-electron chi connectivity index (χ1n) is 9.95. The lowest BCUT2D eigenvalue weighted by molar-refractivity contribution is -0.255. The number of nitrogens with one attached hydrogen (secondary N) is 1. The summed E-state index contributed by atoms with van der Waals surface area (Å²) in [4.78, 5) is 11.3. The summed E-state index contributed by atoms with van der Waals surface area (Å²) in [5, 5.41) is 27.6. The van der Waals surface area contributed by atoms with Gasteiger partial charge in [0, 0.05) is 5.69 Å². The molecule has 0 aliphatic heterocycles. The molecule has 1 heterocycles. The van der Waals surface area contributed by atoms with Gasteiger partial charge in [0.1, 0.15) is 0 Å². The number of benzene rings is 2. The van der Waals surface area contributed by atoms with Crippen LogP contribution in [-0.4, -0.2) is 26.2 Å². The second kappa shape index (κ2) is 7.66. The maximum atomic E-state index is 11.3. The summed E-state index contributed by atoms with van der Waals surface area (Å²) in [5.41, 5.74) is 3.59. The van der Waals surface area contributed by atoms with Crippen LogP contribution < -0.4 is 10.4 Å². The zero-order chi connectivity index (χ0) is 20.4. The second-order valence-electron chi connectivity index (χ2n) is 7.79. The Bertz CT molecular complexity index is 1020.